The highest BCUT2D eigenvalue weighted by Gasteiger charge is 2.33. The Kier molecular flexibility index (Phi) is 5.61. The third kappa shape index (κ3) is 3.97. The van der Waals surface area contributed by atoms with Crippen LogP contribution in [0.1, 0.15) is 32.5 Å². The molecule has 8 nitrogen and oxygen atoms in total. The molecule has 142 valence electrons. The summed E-state index contributed by atoms with van der Waals surface area (Å²) in [6.07, 6.45) is 0.00796. The Morgan fingerprint density at radius 2 is 2.11 bits per heavy atom. The largest absolute Gasteiger partial charge is 0.456 e. The van der Waals surface area contributed by atoms with Crippen molar-refractivity contribution in [2.24, 2.45) is 0 Å². The molecule has 0 radical (unpaired) electrons. The lowest BCUT2D eigenvalue weighted by atomic mass is 9.98. The molecule has 1 atom stereocenters. The molecule has 0 unspecified atom stereocenters. The average molecular weight is 397 g/mol. The zero-order chi connectivity index (χ0) is 20.3. The number of fused-ring (bicyclic) bond motifs is 1. The lowest BCUT2D eigenvalue weighted by molar-refractivity contribution is -0.150. The molecule has 0 saturated carbocycles. The first-order chi connectivity index (χ1) is 13.4. The van der Waals surface area contributed by atoms with Gasteiger partial charge in [0.2, 0.25) is 5.91 Å². The first kappa shape index (κ1) is 19.4. The van der Waals surface area contributed by atoms with Gasteiger partial charge in [0, 0.05) is 16.6 Å². The number of hydrogen-bond donors (Lipinski definition) is 0. The van der Waals surface area contributed by atoms with Crippen LogP contribution in [0.3, 0.4) is 0 Å². The fourth-order valence-electron chi connectivity index (χ4n) is 2.74. The summed E-state index contributed by atoms with van der Waals surface area (Å²) in [6, 6.07) is 8.51. The van der Waals surface area contributed by atoms with E-state index in [9.17, 15) is 24.4 Å². The SMILES string of the molecule is Cc1csc([C@H](C#N)C(=O)COC(=O)CN2C(=O)Cc3ccccc3C2=O)n1. The van der Waals surface area contributed by atoms with Gasteiger partial charge in [0.15, 0.2) is 18.3 Å². The zero-order valence-electron chi connectivity index (χ0n) is 14.9. The summed E-state index contributed by atoms with van der Waals surface area (Å²) in [5.74, 6) is -3.74. The molecule has 0 aliphatic carbocycles. The number of nitrogens with zero attached hydrogens (tertiary/aromatic N) is 3. The van der Waals surface area contributed by atoms with Crippen LogP contribution < -0.4 is 0 Å². The minimum absolute atomic E-state index is 0.00796. The molecule has 0 saturated heterocycles. The molecular weight excluding hydrogens is 382 g/mol. The molecule has 0 bridgehead atoms. The summed E-state index contributed by atoms with van der Waals surface area (Å²) < 4.78 is 4.89. The molecule has 0 N–H and O–H groups in total. The zero-order valence-corrected chi connectivity index (χ0v) is 15.7. The summed E-state index contributed by atoms with van der Waals surface area (Å²) >= 11 is 1.17. The van der Waals surface area contributed by atoms with Gasteiger partial charge in [-0.25, -0.2) is 4.98 Å². The van der Waals surface area contributed by atoms with E-state index < -0.39 is 42.6 Å². The smallest absolute Gasteiger partial charge is 0.326 e. The van der Waals surface area contributed by atoms with Crippen molar-refractivity contribution in [3.8, 4) is 6.07 Å². The van der Waals surface area contributed by atoms with Crippen LogP contribution in [0, 0.1) is 18.3 Å². The van der Waals surface area contributed by atoms with Gasteiger partial charge in [0.1, 0.15) is 11.6 Å². The van der Waals surface area contributed by atoms with Crippen molar-refractivity contribution in [3.63, 3.8) is 0 Å². The van der Waals surface area contributed by atoms with Crippen LogP contribution >= 0.6 is 11.3 Å². The Bertz CT molecular complexity index is 1010. The van der Waals surface area contributed by atoms with Gasteiger partial charge in [-0.15, -0.1) is 11.3 Å². The molecule has 1 aliphatic rings. The van der Waals surface area contributed by atoms with Crippen LogP contribution in [0.15, 0.2) is 29.6 Å². The number of ether oxygens (including phenoxy) is 1. The lowest BCUT2D eigenvalue weighted by Gasteiger charge is -2.25. The van der Waals surface area contributed by atoms with E-state index in [4.69, 9.17) is 4.74 Å². The van der Waals surface area contributed by atoms with E-state index in [0.717, 1.165) is 4.90 Å². The Morgan fingerprint density at radius 1 is 1.36 bits per heavy atom. The summed E-state index contributed by atoms with van der Waals surface area (Å²) in [5.41, 5.74) is 1.65. The number of nitriles is 1. The second kappa shape index (κ2) is 8.10. The first-order valence-corrected chi connectivity index (χ1v) is 9.21. The second-order valence-corrected chi connectivity index (χ2v) is 7.02. The highest BCUT2D eigenvalue weighted by molar-refractivity contribution is 7.09. The predicted molar refractivity (Wildman–Crippen MR) is 97.4 cm³/mol. The van der Waals surface area contributed by atoms with Crippen LogP contribution in [0.4, 0.5) is 0 Å². The Morgan fingerprint density at radius 3 is 2.79 bits per heavy atom. The maximum absolute atomic E-state index is 12.4. The molecule has 1 aromatic carbocycles. The molecule has 0 fully saturated rings. The van der Waals surface area contributed by atoms with Crippen LogP contribution in [-0.2, 0) is 25.5 Å². The van der Waals surface area contributed by atoms with Gasteiger partial charge < -0.3 is 4.74 Å². The van der Waals surface area contributed by atoms with Crippen molar-refractivity contribution in [2.45, 2.75) is 19.3 Å². The minimum Gasteiger partial charge on any atom is -0.456 e. The number of carbonyl (C=O) groups excluding carboxylic acids is 4. The Labute approximate surface area is 164 Å². The first-order valence-electron chi connectivity index (χ1n) is 8.33. The van der Waals surface area contributed by atoms with Crippen LogP contribution in [0.25, 0.3) is 0 Å². The van der Waals surface area contributed by atoms with Gasteiger partial charge in [-0.3, -0.25) is 24.1 Å². The maximum Gasteiger partial charge on any atom is 0.326 e. The normalized spacial score (nSPS) is 14.2. The molecule has 3 rings (SSSR count). The van der Waals surface area contributed by atoms with Crippen LogP contribution in [0.2, 0.25) is 0 Å². The number of imide groups is 1. The highest BCUT2D eigenvalue weighted by Crippen LogP contribution is 2.21. The Balaban J connectivity index is 1.60. The predicted octanol–water partition coefficient (Wildman–Crippen LogP) is 1.40. The van der Waals surface area contributed by atoms with Crippen molar-refractivity contribution in [2.75, 3.05) is 13.2 Å². The second-order valence-electron chi connectivity index (χ2n) is 6.14. The number of amides is 2. The van der Waals surface area contributed by atoms with Crippen LogP contribution in [-0.4, -0.2) is 46.6 Å². The minimum atomic E-state index is -1.13. The molecular formula is C19H15N3O5S. The fourth-order valence-corrected chi connectivity index (χ4v) is 3.60. The molecule has 2 amide bonds. The van der Waals surface area contributed by atoms with Crippen molar-refractivity contribution >= 4 is 34.9 Å². The van der Waals surface area contributed by atoms with Gasteiger partial charge in [-0.05, 0) is 18.6 Å². The number of Topliss-reactive ketones (excluding diaryl/α,β-unsaturated/α-hetero) is 1. The van der Waals surface area contributed by atoms with Crippen molar-refractivity contribution in [1.82, 2.24) is 9.88 Å². The van der Waals surface area contributed by atoms with E-state index in [0.29, 0.717) is 21.8 Å². The molecule has 2 heterocycles. The van der Waals surface area contributed by atoms with Crippen molar-refractivity contribution < 1.29 is 23.9 Å². The number of rotatable bonds is 6. The number of ketones is 1. The molecule has 1 aliphatic heterocycles. The maximum atomic E-state index is 12.4. The van der Waals surface area contributed by atoms with Gasteiger partial charge in [0.25, 0.3) is 5.91 Å². The van der Waals surface area contributed by atoms with E-state index in [-0.39, 0.29) is 6.42 Å². The summed E-state index contributed by atoms with van der Waals surface area (Å²) in [5, 5.41) is 11.3. The van der Waals surface area contributed by atoms with E-state index >= 15 is 0 Å². The third-order valence-electron chi connectivity index (χ3n) is 4.13. The van der Waals surface area contributed by atoms with E-state index in [2.05, 4.69) is 4.98 Å². The monoisotopic (exact) mass is 397 g/mol. The van der Waals surface area contributed by atoms with Crippen molar-refractivity contribution in [1.29, 1.82) is 5.26 Å². The van der Waals surface area contributed by atoms with Crippen molar-refractivity contribution in [3.05, 3.63) is 51.5 Å². The highest BCUT2D eigenvalue weighted by atomic mass is 32.1. The average Bonchev–Trinajstić information content (AvgIpc) is 3.10. The molecule has 2 aromatic rings. The molecule has 0 spiro atoms. The number of aryl methyl sites for hydroxylation is 1. The van der Waals surface area contributed by atoms with Gasteiger partial charge in [0.05, 0.1) is 12.5 Å². The van der Waals surface area contributed by atoms with Crippen LogP contribution in [0.5, 0.6) is 0 Å². The lowest BCUT2D eigenvalue weighted by Crippen LogP contribution is -2.45. The summed E-state index contributed by atoms with van der Waals surface area (Å²) in [7, 11) is 0. The Hall–Kier alpha value is -3.38. The number of benzene rings is 1. The third-order valence-corrected chi connectivity index (χ3v) is 5.16. The van der Waals surface area contributed by atoms with Gasteiger partial charge in [-0.2, -0.15) is 5.26 Å². The summed E-state index contributed by atoms with van der Waals surface area (Å²) in [4.78, 5) is 53.7. The molecule has 1 aromatic heterocycles. The number of aromatic nitrogens is 1. The number of esters is 1. The van der Waals surface area contributed by atoms with Gasteiger partial charge in [-0.1, -0.05) is 18.2 Å². The standard InChI is InChI=1S/C19H15N3O5S/c1-11-10-28-18(21-11)14(7-20)15(23)9-27-17(25)8-22-16(24)6-12-4-2-3-5-13(12)19(22)26/h2-5,10,14H,6,8-9H2,1H3/t14-/m1/s1. The van der Waals surface area contributed by atoms with E-state index in [1.807, 2.05) is 6.07 Å². The number of hydrogen-bond acceptors (Lipinski definition) is 8. The summed E-state index contributed by atoms with van der Waals surface area (Å²) in [6.45, 7) is 0.513. The van der Waals surface area contributed by atoms with Gasteiger partial charge >= 0.3 is 5.97 Å². The number of carbonyl (C=O) groups is 4. The van der Waals surface area contributed by atoms with E-state index in [1.165, 1.54) is 11.3 Å². The molecule has 28 heavy (non-hydrogen) atoms. The fraction of sp³-hybridized carbons (Fsp3) is 0.263. The van der Waals surface area contributed by atoms with E-state index in [1.54, 1.807) is 36.6 Å². The quantitative estimate of drug-likeness (QED) is 0.534. The number of thiazole rings is 1. The molecule has 9 heteroatoms. The topological polar surface area (TPSA) is 117 Å².